The third kappa shape index (κ3) is 0.914. The molecule has 0 aromatic rings. The van der Waals surface area contributed by atoms with Crippen molar-refractivity contribution in [3.63, 3.8) is 0 Å². The van der Waals surface area contributed by atoms with Crippen LogP contribution >= 0.6 is 31.9 Å². The zero-order valence-corrected chi connectivity index (χ0v) is 11.7. The van der Waals surface area contributed by atoms with E-state index in [4.69, 9.17) is 0 Å². The number of rotatable bonds is 0. The Bertz CT molecular complexity index is 361. The van der Waals surface area contributed by atoms with Gasteiger partial charge in [-0.25, -0.2) is 0 Å². The molecule has 0 radical (unpaired) electrons. The third-order valence-electron chi connectivity index (χ3n) is 5.38. The lowest BCUT2D eigenvalue weighted by atomic mass is 9.45. The minimum Gasteiger partial charge on any atom is -0.0876 e. The maximum absolute atomic E-state index is 3.86. The number of halogens is 2. The molecular formula is C13H14Br2. The van der Waals surface area contributed by atoms with Crippen molar-refractivity contribution in [2.24, 2.45) is 22.7 Å². The van der Waals surface area contributed by atoms with Gasteiger partial charge in [0.15, 0.2) is 0 Å². The Kier molecular flexibility index (Phi) is 1.56. The first-order chi connectivity index (χ1) is 7.10. The van der Waals surface area contributed by atoms with Crippen molar-refractivity contribution >= 4 is 31.9 Å². The van der Waals surface area contributed by atoms with Gasteiger partial charge in [-0.15, -0.1) is 0 Å². The largest absolute Gasteiger partial charge is 0.0876 e. The number of allylic oxidation sites excluding steroid dienone is 4. The summed E-state index contributed by atoms with van der Waals surface area (Å²) < 4.78 is 0.281. The van der Waals surface area contributed by atoms with E-state index in [0.717, 1.165) is 11.8 Å². The highest BCUT2D eigenvalue weighted by Crippen LogP contribution is 2.78. The van der Waals surface area contributed by atoms with E-state index in [-0.39, 0.29) is 3.23 Å². The first kappa shape index (κ1) is 9.47. The smallest absolute Gasteiger partial charge is 0.0869 e. The average Bonchev–Trinajstić information content (AvgIpc) is 2.69. The highest BCUT2D eigenvalue weighted by Gasteiger charge is 2.72. The van der Waals surface area contributed by atoms with Crippen LogP contribution in [0.1, 0.15) is 25.7 Å². The van der Waals surface area contributed by atoms with E-state index in [1.807, 2.05) is 0 Å². The van der Waals surface area contributed by atoms with Gasteiger partial charge in [0.25, 0.3) is 0 Å². The van der Waals surface area contributed by atoms with Gasteiger partial charge in [0.1, 0.15) is 0 Å². The Morgan fingerprint density at radius 3 is 1.73 bits per heavy atom. The van der Waals surface area contributed by atoms with E-state index in [1.165, 1.54) is 25.7 Å². The maximum atomic E-state index is 3.86. The molecule has 15 heavy (non-hydrogen) atoms. The molecule has 2 saturated carbocycles. The molecule has 80 valence electrons. The Morgan fingerprint density at radius 1 is 0.867 bits per heavy atom. The second-order valence-electron chi connectivity index (χ2n) is 5.82. The van der Waals surface area contributed by atoms with Gasteiger partial charge in [-0.2, -0.15) is 0 Å². The molecule has 0 aromatic carbocycles. The van der Waals surface area contributed by atoms with Crippen molar-refractivity contribution < 1.29 is 0 Å². The van der Waals surface area contributed by atoms with E-state index in [0.29, 0.717) is 10.8 Å². The number of hydrogen-bond acceptors (Lipinski definition) is 0. The zero-order valence-electron chi connectivity index (χ0n) is 8.55. The molecule has 0 nitrogen and oxygen atoms in total. The highest BCUT2D eigenvalue weighted by molar-refractivity contribution is 9.25. The van der Waals surface area contributed by atoms with E-state index >= 15 is 0 Å². The molecule has 0 N–H and O–H groups in total. The minimum atomic E-state index is 0.281. The van der Waals surface area contributed by atoms with E-state index in [2.05, 4.69) is 56.2 Å². The third-order valence-corrected chi connectivity index (χ3v) is 7.73. The van der Waals surface area contributed by atoms with Crippen molar-refractivity contribution in [3.05, 3.63) is 24.3 Å². The Labute approximate surface area is 107 Å². The molecule has 2 heteroatoms. The lowest BCUT2D eigenvalue weighted by Gasteiger charge is -2.58. The summed E-state index contributed by atoms with van der Waals surface area (Å²) in [6.45, 7) is 0. The summed E-state index contributed by atoms with van der Waals surface area (Å²) in [5.41, 5.74) is 1.07. The molecule has 4 aliphatic rings. The molecule has 0 spiro atoms. The van der Waals surface area contributed by atoms with Gasteiger partial charge in [-0.05, 0) is 37.5 Å². The SMILES string of the molecule is BrC1(Br)C2CC34C=CC3(CC=CC4)CC21. The van der Waals surface area contributed by atoms with Crippen LogP contribution in [-0.2, 0) is 0 Å². The van der Waals surface area contributed by atoms with E-state index in [9.17, 15) is 0 Å². The van der Waals surface area contributed by atoms with Crippen LogP contribution in [0.15, 0.2) is 24.3 Å². The van der Waals surface area contributed by atoms with Crippen LogP contribution in [-0.4, -0.2) is 3.23 Å². The molecule has 0 aliphatic heterocycles. The van der Waals surface area contributed by atoms with Crippen LogP contribution in [0.25, 0.3) is 0 Å². The van der Waals surface area contributed by atoms with Crippen molar-refractivity contribution in [1.29, 1.82) is 0 Å². The number of alkyl halides is 2. The van der Waals surface area contributed by atoms with Crippen molar-refractivity contribution in [3.8, 4) is 0 Å². The van der Waals surface area contributed by atoms with Crippen molar-refractivity contribution in [2.75, 3.05) is 0 Å². The fraction of sp³-hybridized carbons (Fsp3) is 0.692. The first-order valence-electron chi connectivity index (χ1n) is 5.83. The molecule has 0 heterocycles. The topological polar surface area (TPSA) is 0 Å². The van der Waals surface area contributed by atoms with Gasteiger partial charge in [0.05, 0.1) is 3.23 Å². The standard InChI is InChI=1S/C13H14Br2/c14-13(15)9-7-11-3-1-2-4-12(11,6-5-11)8-10(9)13/h1-2,5-6,9-10H,3-4,7-8H2. The summed E-state index contributed by atoms with van der Waals surface area (Å²) in [7, 11) is 0. The monoisotopic (exact) mass is 328 g/mol. The zero-order chi connectivity index (χ0) is 10.3. The summed E-state index contributed by atoms with van der Waals surface area (Å²) in [5, 5.41) is 0. The summed E-state index contributed by atoms with van der Waals surface area (Å²) in [6, 6.07) is 0. The molecule has 0 aromatic heterocycles. The van der Waals surface area contributed by atoms with Gasteiger partial charge in [-0.1, -0.05) is 56.2 Å². The molecular weight excluding hydrogens is 316 g/mol. The normalized spacial score (nSPS) is 57.5. The van der Waals surface area contributed by atoms with Crippen LogP contribution in [0.4, 0.5) is 0 Å². The quantitative estimate of drug-likeness (QED) is 0.456. The fourth-order valence-corrected chi connectivity index (χ4v) is 5.86. The van der Waals surface area contributed by atoms with Crippen LogP contribution in [0.2, 0.25) is 0 Å². The van der Waals surface area contributed by atoms with Crippen LogP contribution in [0.5, 0.6) is 0 Å². The molecule has 4 unspecified atom stereocenters. The molecule has 0 saturated heterocycles. The van der Waals surface area contributed by atoms with E-state index < -0.39 is 0 Å². The Morgan fingerprint density at radius 2 is 1.33 bits per heavy atom. The summed E-state index contributed by atoms with van der Waals surface area (Å²) in [6.07, 6.45) is 15.1. The second kappa shape index (κ2) is 2.48. The van der Waals surface area contributed by atoms with Gasteiger partial charge >= 0.3 is 0 Å². The lowest BCUT2D eigenvalue weighted by Crippen LogP contribution is -2.49. The molecule has 4 rings (SSSR count). The highest BCUT2D eigenvalue weighted by atomic mass is 79.9. The van der Waals surface area contributed by atoms with Crippen LogP contribution < -0.4 is 0 Å². The molecule has 4 atom stereocenters. The molecule has 0 amide bonds. The van der Waals surface area contributed by atoms with Gasteiger partial charge in [0, 0.05) is 10.8 Å². The van der Waals surface area contributed by atoms with Crippen molar-refractivity contribution in [1.82, 2.24) is 0 Å². The summed E-state index contributed by atoms with van der Waals surface area (Å²) >= 11 is 7.72. The average molecular weight is 330 g/mol. The number of hydrogen-bond donors (Lipinski definition) is 0. The van der Waals surface area contributed by atoms with Gasteiger partial charge in [-0.3, -0.25) is 0 Å². The number of fused-ring (bicyclic) bond motifs is 1. The summed E-state index contributed by atoms with van der Waals surface area (Å²) in [5.74, 6) is 1.73. The van der Waals surface area contributed by atoms with Crippen LogP contribution in [0.3, 0.4) is 0 Å². The summed E-state index contributed by atoms with van der Waals surface area (Å²) in [4.78, 5) is 0. The molecule has 0 bridgehead atoms. The Hall–Kier alpha value is 0.440. The van der Waals surface area contributed by atoms with Gasteiger partial charge in [0.2, 0.25) is 0 Å². The minimum absolute atomic E-state index is 0.281. The van der Waals surface area contributed by atoms with Crippen molar-refractivity contribution in [2.45, 2.75) is 28.9 Å². The lowest BCUT2D eigenvalue weighted by molar-refractivity contribution is 0.0323. The molecule has 4 aliphatic carbocycles. The first-order valence-corrected chi connectivity index (χ1v) is 7.42. The predicted octanol–water partition coefficient (Wildman–Crippen LogP) is 4.40. The Balaban J connectivity index is 1.77. The second-order valence-corrected chi connectivity index (χ2v) is 9.51. The van der Waals surface area contributed by atoms with Crippen LogP contribution in [0, 0.1) is 22.7 Å². The molecule has 2 fully saturated rings. The fourth-order valence-electron chi connectivity index (χ4n) is 4.20. The maximum Gasteiger partial charge on any atom is 0.0869 e. The van der Waals surface area contributed by atoms with E-state index in [1.54, 1.807) is 0 Å². The predicted molar refractivity (Wildman–Crippen MR) is 69.2 cm³/mol. The van der Waals surface area contributed by atoms with Gasteiger partial charge < -0.3 is 0 Å².